The first kappa shape index (κ1) is 14.5. The molecule has 25 heavy (non-hydrogen) atoms. The average molecular weight is 333 g/mol. The summed E-state index contributed by atoms with van der Waals surface area (Å²) in [4.78, 5) is 20.7. The number of rotatable bonds is 1. The fraction of sp³-hybridized carbons (Fsp3) is 0.333. The van der Waals surface area contributed by atoms with Gasteiger partial charge in [-0.25, -0.2) is 19.9 Å². The second kappa shape index (κ2) is 5.35. The molecule has 5 rings (SSSR count). The minimum atomic E-state index is 0.401. The maximum absolute atomic E-state index is 4.88. The van der Waals surface area contributed by atoms with Gasteiger partial charge < -0.3 is 10.2 Å². The van der Waals surface area contributed by atoms with Gasteiger partial charge in [0.15, 0.2) is 17.1 Å². The second-order valence-electron chi connectivity index (χ2n) is 6.80. The van der Waals surface area contributed by atoms with Crippen LogP contribution in [-0.4, -0.2) is 49.5 Å². The van der Waals surface area contributed by atoms with Gasteiger partial charge >= 0.3 is 0 Å². The monoisotopic (exact) mass is 333 g/mol. The quantitative estimate of drug-likeness (QED) is 0.574. The van der Waals surface area contributed by atoms with Crippen LogP contribution in [0.15, 0.2) is 36.8 Å². The van der Waals surface area contributed by atoms with Crippen molar-refractivity contribution in [2.24, 2.45) is 0 Å². The summed E-state index contributed by atoms with van der Waals surface area (Å²) in [5, 5.41) is 3.57. The summed E-state index contributed by atoms with van der Waals surface area (Å²) in [6, 6.07) is 8.94. The molecule has 0 aliphatic carbocycles. The third-order valence-corrected chi connectivity index (χ3v) is 4.73. The van der Waals surface area contributed by atoms with Crippen LogP contribution in [0.3, 0.4) is 0 Å². The van der Waals surface area contributed by atoms with Crippen LogP contribution in [0.25, 0.3) is 27.8 Å². The molecule has 0 bridgehead atoms. The van der Waals surface area contributed by atoms with E-state index in [4.69, 9.17) is 9.97 Å². The molecular formula is C18H19N7. The van der Waals surface area contributed by atoms with Crippen molar-refractivity contribution < 1.29 is 0 Å². The van der Waals surface area contributed by atoms with Crippen molar-refractivity contribution in [3.63, 3.8) is 0 Å². The Bertz CT molecular complexity index is 1080. The molecule has 1 aliphatic rings. The largest absolute Gasteiger partial charge is 0.350 e. The summed E-state index contributed by atoms with van der Waals surface area (Å²) >= 11 is 0. The molecular weight excluding hydrogens is 314 g/mol. The number of aromatic nitrogens is 5. The lowest BCUT2D eigenvalue weighted by Gasteiger charge is -2.36. The van der Waals surface area contributed by atoms with Gasteiger partial charge in [0.05, 0.1) is 17.2 Å². The molecule has 4 aromatic rings. The molecule has 1 N–H and O–H groups in total. The van der Waals surface area contributed by atoms with E-state index in [2.05, 4.69) is 44.5 Å². The molecule has 1 saturated heterocycles. The molecule has 0 spiro atoms. The Labute approximate surface area is 144 Å². The highest BCUT2D eigenvalue weighted by Gasteiger charge is 2.26. The molecule has 0 saturated carbocycles. The summed E-state index contributed by atoms with van der Waals surface area (Å²) in [5.41, 5.74) is 4.42. The number of imidazole rings is 1. The van der Waals surface area contributed by atoms with E-state index < -0.39 is 0 Å². The van der Waals surface area contributed by atoms with Crippen LogP contribution in [0.2, 0.25) is 0 Å². The highest BCUT2D eigenvalue weighted by Crippen LogP contribution is 2.28. The first-order chi connectivity index (χ1) is 12.2. The summed E-state index contributed by atoms with van der Waals surface area (Å²) < 4.78 is 2.10. The lowest BCUT2D eigenvalue weighted by Crippen LogP contribution is -2.54. The first-order valence-corrected chi connectivity index (χ1v) is 8.58. The fourth-order valence-electron chi connectivity index (χ4n) is 3.83. The minimum Gasteiger partial charge on any atom is -0.350 e. The number of fused-ring (bicyclic) bond motifs is 5. The lowest BCUT2D eigenvalue weighted by molar-refractivity contribution is 0.405. The topological polar surface area (TPSA) is 71.2 Å². The Morgan fingerprint density at radius 2 is 1.80 bits per heavy atom. The molecule has 0 unspecified atom stereocenters. The molecule has 7 nitrogen and oxygen atoms in total. The Hall–Kier alpha value is -2.80. The Balaban J connectivity index is 1.85. The van der Waals surface area contributed by atoms with Crippen molar-refractivity contribution >= 4 is 33.7 Å². The van der Waals surface area contributed by atoms with Gasteiger partial charge in [-0.15, -0.1) is 0 Å². The van der Waals surface area contributed by atoms with Crippen molar-refractivity contribution in [2.75, 3.05) is 18.0 Å². The van der Waals surface area contributed by atoms with Gasteiger partial charge in [0.2, 0.25) is 0 Å². The molecule has 0 radical (unpaired) electrons. The van der Waals surface area contributed by atoms with Crippen LogP contribution in [-0.2, 0) is 0 Å². The SMILES string of the molecule is C[C@@H]1CN(c2nc3cncnc3n3c2nc2ccccc23)C[C@H](C)N1. The molecule has 3 aromatic heterocycles. The van der Waals surface area contributed by atoms with Gasteiger partial charge in [-0.05, 0) is 26.0 Å². The molecule has 1 aromatic carbocycles. The van der Waals surface area contributed by atoms with Crippen molar-refractivity contribution in [2.45, 2.75) is 25.9 Å². The fourth-order valence-corrected chi connectivity index (χ4v) is 3.83. The number of hydrogen-bond donors (Lipinski definition) is 1. The zero-order chi connectivity index (χ0) is 17.0. The van der Waals surface area contributed by atoms with E-state index >= 15 is 0 Å². The van der Waals surface area contributed by atoms with Gasteiger partial charge in [0.25, 0.3) is 0 Å². The predicted octanol–water partition coefficient (Wildman–Crippen LogP) is 2.01. The van der Waals surface area contributed by atoms with Crippen LogP contribution in [0, 0.1) is 0 Å². The summed E-state index contributed by atoms with van der Waals surface area (Å²) in [6.07, 6.45) is 3.34. The Morgan fingerprint density at radius 1 is 1.00 bits per heavy atom. The number of anilines is 1. The third-order valence-electron chi connectivity index (χ3n) is 4.73. The molecule has 7 heteroatoms. The number of hydrogen-bond acceptors (Lipinski definition) is 6. The third kappa shape index (κ3) is 2.23. The summed E-state index contributed by atoms with van der Waals surface area (Å²) in [5.74, 6) is 0.902. The molecule has 2 atom stereocenters. The number of nitrogens with zero attached hydrogens (tertiary/aromatic N) is 6. The van der Waals surface area contributed by atoms with Gasteiger partial charge in [-0.1, -0.05) is 12.1 Å². The second-order valence-corrected chi connectivity index (χ2v) is 6.80. The molecule has 126 valence electrons. The maximum Gasteiger partial charge on any atom is 0.183 e. The van der Waals surface area contributed by atoms with Crippen LogP contribution >= 0.6 is 0 Å². The lowest BCUT2D eigenvalue weighted by atomic mass is 10.1. The van der Waals surface area contributed by atoms with Gasteiger partial charge in [0.1, 0.15) is 11.8 Å². The predicted molar refractivity (Wildman–Crippen MR) is 97.9 cm³/mol. The smallest absolute Gasteiger partial charge is 0.183 e. The van der Waals surface area contributed by atoms with Crippen LogP contribution in [0.5, 0.6) is 0 Å². The van der Waals surface area contributed by atoms with Crippen molar-refractivity contribution in [3.05, 3.63) is 36.8 Å². The van der Waals surface area contributed by atoms with Gasteiger partial charge in [-0.3, -0.25) is 4.40 Å². The zero-order valence-electron chi connectivity index (χ0n) is 14.2. The zero-order valence-corrected chi connectivity index (χ0v) is 14.2. The number of piperazine rings is 1. The number of benzene rings is 1. The molecule has 1 fully saturated rings. The highest BCUT2D eigenvalue weighted by atomic mass is 15.3. The maximum atomic E-state index is 4.88. The normalized spacial score (nSPS) is 21.4. The van der Waals surface area contributed by atoms with E-state index in [-0.39, 0.29) is 0 Å². The minimum absolute atomic E-state index is 0.401. The Morgan fingerprint density at radius 3 is 2.64 bits per heavy atom. The first-order valence-electron chi connectivity index (χ1n) is 8.58. The summed E-state index contributed by atoms with van der Waals surface area (Å²) in [7, 11) is 0. The van der Waals surface area contributed by atoms with Gasteiger partial charge in [-0.2, -0.15) is 0 Å². The van der Waals surface area contributed by atoms with Crippen LogP contribution in [0.1, 0.15) is 13.8 Å². The van der Waals surface area contributed by atoms with E-state index in [1.54, 1.807) is 12.5 Å². The van der Waals surface area contributed by atoms with Gasteiger partial charge in [0, 0.05) is 25.2 Å². The molecule has 1 aliphatic heterocycles. The van der Waals surface area contributed by atoms with E-state index in [1.165, 1.54) is 0 Å². The summed E-state index contributed by atoms with van der Waals surface area (Å²) in [6.45, 7) is 6.20. The van der Waals surface area contributed by atoms with E-state index in [9.17, 15) is 0 Å². The standard InChI is InChI=1S/C18H19N7/c1-11-8-24(9-12(2)21-11)17-18-22-13-5-3-4-6-15(13)25(18)16-14(23-17)7-19-10-20-16/h3-7,10-12,21H,8-9H2,1-2H3/t11-,12+. The van der Waals surface area contributed by atoms with E-state index in [0.717, 1.165) is 46.8 Å². The van der Waals surface area contributed by atoms with Crippen LogP contribution in [0.4, 0.5) is 5.82 Å². The molecule has 0 amide bonds. The molecule has 4 heterocycles. The van der Waals surface area contributed by atoms with E-state index in [1.807, 2.05) is 18.2 Å². The average Bonchev–Trinajstić information content (AvgIpc) is 3.00. The van der Waals surface area contributed by atoms with Crippen molar-refractivity contribution in [1.29, 1.82) is 0 Å². The highest BCUT2D eigenvalue weighted by molar-refractivity contribution is 5.91. The number of nitrogens with one attached hydrogen (secondary N) is 1. The Kier molecular flexibility index (Phi) is 3.11. The number of para-hydroxylation sites is 2. The van der Waals surface area contributed by atoms with E-state index in [0.29, 0.717) is 12.1 Å². The van der Waals surface area contributed by atoms with Crippen LogP contribution < -0.4 is 10.2 Å². The van der Waals surface area contributed by atoms with Crippen molar-refractivity contribution in [1.82, 2.24) is 29.7 Å². The van der Waals surface area contributed by atoms with Crippen molar-refractivity contribution in [3.8, 4) is 0 Å².